The Morgan fingerprint density at radius 2 is 2.24 bits per heavy atom. The fraction of sp³-hybridized carbons (Fsp3) is 0.417. The van der Waals surface area contributed by atoms with Crippen LogP contribution >= 0.6 is 34.5 Å². The van der Waals surface area contributed by atoms with Crippen LogP contribution in [0.15, 0.2) is 12.1 Å². The summed E-state index contributed by atoms with van der Waals surface area (Å²) in [6.07, 6.45) is 3.40. The van der Waals surface area contributed by atoms with Gasteiger partial charge in [0, 0.05) is 6.04 Å². The first-order valence-electron chi connectivity index (χ1n) is 5.69. The van der Waals surface area contributed by atoms with Crippen molar-refractivity contribution in [1.29, 1.82) is 0 Å². The molecule has 0 saturated heterocycles. The Bertz CT molecular complexity index is 559. The fourth-order valence-corrected chi connectivity index (χ4v) is 3.73. The normalized spacial score (nSPS) is 19.4. The van der Waals surface area contributed by atoms with Crippen LogP contribution < -0.4 is 0 Å². The first kappa shape index (κ1) is 11.6. The molecule has 2 nitrogen and oxygen atoms in total. The molecule has 2 aromatic rings. The minimum Gasteiger partial charge on any atom is -0.323 e. The molecule has 3 rings (SSSR count). The Morgan fingerprint density at radius 1 is 1.41 bits per heavy atom. The van der Waals surface area contributed by atoms with E-state index in [1.165, 1.54) is 18.5 Å². The van der Waals surface area contributed by atoms with Crippen molar-refractivity contribution in [2.75, 3.05) is 0 Å². The Labute approximate surface area is 114 Å². The lowest BCUT2D eigenvalue weighted by atomic mass is 10.0. The smallest absolute Gasteiger partial charge is 0.152 e. The van der Waals surface area contributed by atoms with E-state index in [1.54, 1.807) is 11.3 Å². The Kier molecular flexibility index (Phi) is 2.93. The van der Waals surface area contributed by atoms with E-state index < -0.39 is 0 Å². The number of fused-ring (bicyclic) bond motifs is 1. The van der Waals surface area contributed by atoms with Gasteiger partial charge in [-0.05, 0) is 38.3 Å². The second-order valence-electron chi connectivity index (χ2n) is 4.39. The maximum atomic E-state index is 6.22. The van der Waals surface area contributed by atoms with Gasteiger partial charge in [0.15, 0.2) is 11.0 Å². The molecule has 0 saturated carbocycles. The first-order valence-corrected chi connectivity index (χ1v) is 7.26. The van der Waals surface area contributed by atoms with Crippen LogP contribution in [0.5, 0.6) is 0 Å². The van der Waals surface area contributed by atoms with Crippen molar-refractivity contribution in [2.24, 2.45) is 0 Å². The number of hydrogen-bond donors (Lipinski definition) is 0. The lowest BCUT2D eigenvalue weighted by molar-refractivity contribution is 0.436. The summed E-state index contributed by atoms with van der Waals surface area (Å²) in [4.78, 5) is 5.60. The summed E-state index contributed by atoms with van der Waals surface area (Å²) in [7, 11) is 0. The van der Waals surface area contributed by atoms with E-state index >= 15 is 0 Å². The number of hydrogen-bond acceptors (Lipinski definition) is 2. The van der Waals surface area contributed by atoms with Gasteiger partial charge in [-0.1, -0.05) is 23.2 Å². The summed E-state index contributed by atoms with van der Waals surface area (Å²) < 4.78 is 3.06. The molecule has 3 heterocycles. The fourth-order valence-electron chi connectivity index (χ4n) is 2.44. The number of aromatic nitrogens is 2. The zero-order valence-corrected chi connectivity index (χ0v) is 11.7. The molecule has 0 aromatic carbocycles. The Balaban J connectivity index is 2.18. The topological polar surface area (TPSA) is 17.8 Å². The zero-order chi connectivity index (χ0) is 12.0. The van der Waals surface area contributed by atoms with Crippen LogP contribution in [0, 0.1) is 0 Å². The van der Waals surface area contributed by atoms with E-state index in [0.29, 0.717) is 11.2 Å². The van der Waals surface area contributed by atoms with Crippen molar-refractivity contribution in [3.05, 3.63) is 27.3 Å². The molecule has 0 radical (unpaired) electrons. The minimum absolute atomic E-state index is 0.467. The number of thiophene rings is 1. The number of halogens is 2. The summed E-state index contributed by atoms with van der Waals surface area (Å²) in [5.74, 6) is 0.967. The van der Waals surface area contributed by atoms with Crippen molar-refractivity contribution in [3.63, 3.8) is 0 Å². The van der Waals surface area contributed by atoms with Crippen LogP contribution in [0.25, 0.3) is 10.7 Å². The van der Waals surface area contributed by atoms with Crippen LogP contribution in [-0.2, 0) is 6.42 Å². The average molecular weight is 287 g/mol. The number of imidazole rings is 1. The van der Waals surface area contributed by atoms with Gasteiger partial charge in [0.05, 0.1) is 14.9 Å². The van der Waals surface area contributed by atoms with E-state index in [1.807, 2.05) is 12.1 Å². The third-order valence-corrected chi connectivity index (χ3v) is 4.76. The third-order valence-electron chi connectivity index (χ3n) is 3.23. The molecule has 1 aliphatic rings. The molecule has 0 aliphatic carbocycles. The van der Waals surface area contributed by atoms with Gasteiger partial charge in [-0.25, -0.2) is 4.98 Å². The van der Waals surface area contributed by atoms with Crippen LogP contribution in [0.2, 0.25) is 9.49 Å². The monoisotopic (exact) mass is 286 g/mol. The predicted octanol–water partition coefficient (Wildman–Crippen LogP) is 4.82. The van der Waals surface area contributed by atoms with Crippen molar-refractivity contribution in [1.82, 2.24) is 9.55 Å². The SMILES string of the molecule is CC1CCCc2c(Cl)nc(-c3ccc(Cl)s3)n21. The minimum atomic E-state index is 0.467. The summed E-state index contributed by atoms with van der Waals surface area (Å²) in [5.41, 5.74) is 1.17. The van der Waals surface area contributed by atoms with Gasteiger partial charge < -0.3 is 4.57 Å². The molecule has 0 N–H and O–H groups in total. The molecule has 0 amide bonds. The largest absolute Gasteiger partial charge is 0.323 e. The van der Waals surface area contributed by atoms with Gasteiger partial charge in [-0.2, -0.15) is 0 Å². The second-order valence-corrected chi connectivity index (χ2v) is 6.46. The molecule has 1 unspecified atom stereocenters. The summed E-state index contributed by atoms with van der Waals surface area (Å²) in [5, 5.41) is 0.649. The number of nitrogens with zero attached hydrogens (tertiary/aromatic N) is 2. The highest BCUT2D eigenvalue weighted by atomic mass is 35.5. The maximum absolute atomic E-state index is 6.22. The van der Waals surface area contributed by atoms with E-state index in [4.69, 9.17) is 23.2 Å². The summed E-state index contributed by atoms with van der Waals surface area (Å²) in [6.45, 7) is 2.22. The molecule has 0 bridgehead atoms. The maximum Gasteiger partial charge on any atom is 0.152 e. The van der Waals surface area contributed by atoms with Gasteiger partial charge in [0.25, 0.3) is 0 Å². The van der Waals surface area contributed by atoms with E-state index in [9.17, 15) is 0 Å². The highest BCUT2D eigenvalue weighted by molar-refractivity contribution is 7.19. The third kappa shape index (κ3) is 1.90. The Hall–Kier alpha value is -0.510. The molecule has 90 valence electrons. The van der Waals surface area contributed by atoms with Gasteiger partial charge in [-0.3, -0.25) is 0 Å². The molecule has 2 aromatic heterocycles. The van der Waals surface area contributed by atoms with Crippen molar-refractivity contribution >= 4 is 34.5 Å². The molecule has 0 spiro atoms. The van der Waals surface area contributed by atoms with Crippen LogP contribution in [0.3, 0.4) is 0 Å². The zero-order valence-electron chi connectivity index (χ0n) is 9.41. The van der Waals surface area contributed by atoms with E-state index in [0.717, 1.165) is 21.5 Å². The quantitative estimate of drug-likeness (QED) is 0.735. The lowest BCUT2D eigenvalue weighted by Crippen LogP contribution is -2.15. The van der Waals surface area contributed by atoms with Gasteiger partial charge >= 0.3 is 0 Å². The predicted molar refractivity (Wildman–Crippen MR) is 73.2 cm³/mol. The standard InChI is InChI=1S/C12H12Cl2N2S/c1-7-3-2-4-8-11(14)15-12(16(7)8)9-5-6-10(13)17-9/h5-7H,2-4H2,1H3. The number of rotatable bonds is 1. The lowest BCUT2D eigenvalue weighted by Gasteiger charge is -2.23. The van der Waals surface area contributed by atoms with Crippen molar-refractivity contribution in [3.8, 4) is 10.7 Å². The molecule has 0 fully saturated rings. The second kappa shape index (κ2) is 4.30. The first-order chi connectivity index (χ1) is 8.16. The highest BCUT2D eigenvalue weighted by Gasteiger charge is 2.24. The van der Waals surface area contributed by atoms with Crippen LogP contribution in [-0.4, -0.2) is 9.55 Å². The average Bonchev–Trinajstić information content (AvgIpc) is 2.85. The van der Waals surface area contributed by atoms with Crippen LogP contribution in [0.4, 0.5) is 0 Å². The molecule has 1 atom stereocenters. The Morgan fingerprint density at radius 3 is 2.94 bits per heavy atom. The van der Waals surface area contributed by atoms with Gasteiger partial charge in [0.1, 0.15) is 0 Å². The van der Waals surface area contributed by atoms with Crippen molar-refractivity contribution < 1.29 is 0 Å². The van der Waals surface area contributed by atoms with Crippen LogP contribution in [0.1, 0.15) is 31.5 Å². The molecule has 5 heteroatoms. The van der Waals surface area contributed by atoms with E-state index in [-0.39, 0.29) is 0 Å². The molecular weight excluding hydrogens is 275 g/mol. The van der Waals surface area contributed by atoms with Gasteiger partial charge in [0.2, 0.25) is 0 Å². The molecule has 1 aliphatic heterocycles. The summed E-state index contributed by atoms with van der Waals surface area (Å²) in [6, 6.07) is 4.39. The molecule has 17 heavy (non-hydrogen) atoms. The highest BCUT2D eigenvalue weighted by Crippen LogP contribution is 2.38. The van der Waals surface area contributed by atoms with Crippen molar-refractivity contribution in [2.45, 2.75) is 32.2 Å². The van der Waals surface area contributed by atoms with Gasteiger partial charge in [-0.15, -0.1) is 11.3 Å². The van der Waals surface area contributed by atoms with E-state index in [2.05, 4.69) is 16.5 Å². The molecular formula is C12H12Cl2N2S. The summed E-state index contributed by atoms with van der Waals surface area (Å²) >= 11 is 13.8.